The number of rotatable bonds is 3. The lowest BCUT2D eigenvalue weighted by molar-refractivity contribution is 0.0983. The summed E-state index contributed by atoms with van der Waals surface area (Å²) in [7, 11) is 0. The van der Waals surface area contributed by atoms with E-state index in [4.69, 9.17) is 9.47 Å². The number of fused-ring (bicyclic) bond motifs is 7. The highest BCUT2D eigenvalue weighted by Crippen LogP contribution is 2.47. The first-order valence-corrected chi connectivity index (χ1v) is 13.1. The highest BCUT2D eigenvalue weighted by molar-refractivity contribution is 6.09. The SMILES string of the molecule is CCCC1CCC(C2COc3ccc4ccccc4c3-c3c(ccc4ccccc34)OC2)CC1. The normalized spacial score (nSPS) is 21.0. The van der Waals surface area contributed by atoms with Crippen molar-refractivity contribution in [1.29, 1.82) is 0 Å². The molecule has 0 aromatic heterocycles. The van der Waals surface area contributed by atoms with Crippen LogP contribution in [0.1, 0.15) is 45.4 Å². The van der Waals surface area contributed by atoms with Gasteiger partial charge in [0.25, 0.3) is 0 Å². The molecule has 0 amide bonds. The second-order valence-electron chi connectivity index (χ2n) is 10.3. The molecule has 174 valence electrons. The minimum Gasteiger partial charge on any atom is -0.492 e. The molecule has 1 saturated carbocycles. The minimum absolute atomic E-state index is 0.416. The monoisotopic (exact) mass is 450 g/mol. The number of hydrogen-bond acceptors (Lipinski definition) is 2. The average Bonchev–Trinajstić information content (AvgIpc) is 2.97. The summed E-state index contributed by atoms with van der Waals surface area (Å²) >= 11 is 0. The van der Waals surface area contributed by atoms with Crippen molar-refractivity contribution in [1.82, 2.24) is 0 Å². The predicted octanol–water partition coefficient (Wildman–Crippen LogP) is 8.65. The Labute approximate surface area is 202 Å². The van der Waals surface area contributed by atoms with Gasteiger partial charge in [-0.3, -0.25) is 0 Å². The first kappa shape index (κ1) is 21.5. The topological polar surface area (TPSA) is 18.5 Å². The van der Waals surface area contributed by atoms with E-state index in [2.05, 4.69) is 79.7 Å². The summed E-state index contributed by atoms with van der Waals surface area (Å²) in [6.07, 6.45) is 8.01. The van der Waals surface area contributed by atoms with E-state index in [1.165, 1.54) is 60.1 Å². The average molecular weight is 451 g/mol. The fourth-order valence-corrected chi connectivity index (χ4v) is 6.33. The molecule has 0 N–H and O–H groups in total. The number of ether oxygens (including phenoxy) is 2. The van der Waals surface area contributed by atoms with E-state index in [9.17, 15) is 0 Å². The summed E-state index contributed by atoms with van der Waals surface area (Å²) in [6.45, 7) is 3.76. The molecule has 0 unspecified atom stereocenters. The van der Waals surface area contributed by atoms with Gasteiger partial charge in [-0.25, -0.2) is 0 Å². The van der Waals surface area contributed by atoms with Crippen LogP contribution in [0, 0.1) is 17.8 Å². The lowest BCUT2D eigenvalue weighted by atomic mass is 9.75. The third-order valence-corrected chi connectivity index (χ3v) is 8.19. The van der Waals surface area contributed by atoms with Crippen molar-refractivity contribution in [2.75, 3.05) is 13.2 Å². The lowest BCUT2D eigenvalue weighted by Gasteiger charge is -2.33. The highest BCUT2D eigenvalue weighted by atomic mass is 16.5. The maximum Gasteiger partial charge on any atom is 0.127 e. The zero-order chi connectivity index (χ0) is 22.9. The zero-order valence-electron chi connectivity index (χ0n) is 20.1. The maximum absolute atomic E-state index is 6.68. The van der Waals surface area contributed by atoms with Crippen LogP contribution in [0.2, 0.25) is 0 Å². The molecule has 0 atom stereocenters. The van der Waals surface area contributed by atoms with Gasteiger partial charge in [0.15, 0.2) is 0 Å². The second kappa shape index (κ2) is 9.33. The quantitative estimate of drug-likeness (QED) is 0.311. The molecule has 0 saturated heterocycles. The van der Waals surface area contributed by atoms with Gasteiger partial charge in [-0.2, -0.15) is 0 Å². The molecule has 34 heavy (non-hydrogen) atoms. The van der Waals surface area contributed by atoms with Gasteiger partial charge in [-0.1, -0.05) is 93.3 Å². The van der Waals surface area contributed by atoms with Crippen LogP contribution in [0.25, 0.3) is 32.7 Å². The molecule has 4 aromatic carbocycles. The first-order valence-electron chi connectivity index (χ1n) is 13.1. The minimum atomic E-state index is 0.416. The Morgan fingerprint density at radius 2 is 1.15 bits per heavy atom. The van der Waals surface area contributed by atoms with Crippen molar-refractivity contribution < 1.29 is 9.47 Å². The van der Waals surface area contributed by atoms with E-state index in [-0.39, 0.29) is 0 Å². The zero-order valence-corrected chi connectivity index (χ0v) is 20.1. The molecule has 0 spiro atoms. The fraction of sp³-hybridized carbons (Fsp3) is 0.375. The van der Waals surface area contributed by atoms with E-state index in [0.717, 1.165) is 41.8 Å². The van der Waals surface area contributed by atoms with Gasteiger partial charge in [0.1, 0.15) is 11.5 Å². The summed E-state index contributed by atoms with van der Waals surface area (Å²) in [4.78, 5) is 0. The third kappa shape index (κ3) is 3.94. The van der Waals surface area contributed by atoms with Gasteiger partial charge in [0.05, 0.1) is 13.2 Å². The van der Waals surface area contributed by atoms with Crippen molar-refractivity contribution >= 4 is 21.5 Å². The van der Waals surface area contributed by atoms with Crippen molar-refractivity contribution in [3.8, 4) is 22.6 Å². The van der Waals surface area contributed by atoms with E-state index < -0.39 is 0 Å². The van der Waals surface area contributed by atoms with Gasteiger partial charge in [-0.15, -0.1) is 0 Å². The van der Waals surface area contributed by atoms with Crippen molar-refractivity contribution in [3.63, 3.8) is 0 Å². The number of hydrogen-bond donors (Lipinski definition) is 0. The van der Waals surface area contributed by atoms with Crippen LogP contribution in [-0.2, 0) is 0 Å². The maximum atomic E-state index is 6.68. The Bertz CT molecular complexity index is 1210. The molecule has 1 heterocycles. The Hall–Kier alpha value is -3.00. The fourth-order valence-electron chi connectivity index (χ4n) is 6.33. The molecule has 1 fully saturated rings. The molecule has 2 aliphatic rings. The van der Waals surface area contributed by atoms with Crippen molar-refractivity contribution in [2.24, 2.45) is 17.8 Å². The summed E-state index contributed by atoms with van der Waals surface area (Å²) in [5.74, 6) is 3.97. The van der Waals surface area contributed by atoms with Gasteiger partial charge in [-0.05, 0) is 58.4 Å². The Kier molecular flexibility index (Phi) is 5.91. The van der Waals surface area contributed by atoms with Crippen LogP contribution in [0.5, 0.6) is 11.5 Å². The van der Waals surface area contributed by atoms with E-state index >= 15 is 0 Å². The highest BCUT2D eigenvalue weighted by Gasteiger charge is 2.30. The van der Waals surface area contributed by atoms with E-state index in [1.807, 2.05) is 0 Å². The Balaban J connectivity index is 1.44. The molecule has 0 radical (unpaired) electrons. The van der Waals surface area contributed by atoms with Crippen LogP contribution in [-0.4, -0.2) is 13.2 Å². The molecule has 0 bridgehead atoms. The van der Waals surface area contributed by atoms with Gasteiger partial charge in [0.2, 0.25) is 0 Å². The second-order valence-corrected chi connectivity index (χ2v) is 10.3. The summed E-state index contributed by atoms with van der Waals surface area (Å²) < 4.78 is 13.4. The van der Waals surface area contributed by atoms with Gasteiger partial charge < -0.3 is 9.47 Å². The molecule has 6 rings (SSSR count). The standard InChI is InChI=1S/C32H34O2/c1-2-7-22-12-14-23(15-13-22)26-20-33-29-18-16-24-8-3-5-10-27(24)31(29)32-28-11-6-4-9-25(28)17-19-30(32)34-21-26/h3-6,8-11,16-19,22-23,26H,2,7,12-15,20-21H2,1H3. The molecule has 2 heteroatoms. The number of benzene rings is 4. The van der Waals surface area contributed by atoms with Crippen LogP contribution < -0.4 is 9.47 Å². The molecular formula is C32H34O2. The van der Waals surface area contributed by atoms with Crippen molar-refractivity contribution in [2.45, 2.75) is 45.4 Å². The predicted molar refractivity (Wildman–Crippen MR) is 142 cm³/mol. The lowest BCUT2D eigenvalue weighted by Crippen LogP contribution is -2.30. The van der Waals surface area contributed by atoms with Crippen LogP contribution in [0.15, 0.2) is 72.8 Å². The van der Waals surface area contributed by atoms with Gasteiger partial charge >= 0.3 is 0 Å². The van der Waals surface area contributed by atoms with Crippen LogP contribution >= 0.6 is 0 Å². The Morgan fingerprint density at radius 3 is 1.68 bits per heavy atom. The summed E-state index contributed by atoms with van der Waals surface area (Å²) in [5.41, 5.74) is 2.33. The smallest absolute Gasteiger partial charge is 0.127 e. The Morgan fingerprint density at radius 1 is 0.618 bits per heavy atom. The molecule has 4 aromatic rings. The summed E-state index contributed by atoms with van der Waals surface area (Å²) in [5, 5.41) is 4.90. The molecule has 2 nitrogen and oxygen atoms in total. The van der Waals surface area contributed by atoms with E-state index in [1.54, 1.807) is 0 Å². The molecule has 1 aliphatic carbocycles. The van der Waals surface area contributed by atoms with Crippen LogP contribution in [0.4, 0.5) is 0 Å². The van der Waals surface area contributed by atoms with Crippen molar-refractivity contribution in [3.05, 3.63) is 72.8 Å². The molecule has 1 aliphatic heterocycles. The third-order valence-electron chi connectivity index (χ3n) is 8.19. The largest absolute Gasteiger partial charge is 0.492 e. The van der Waals surface area contributed by atoms with Crippen LogP contribution in [0.3, 0.4) is 0 Å². The molecular weight excluding hydrogens is 416 g/mol. The van der Waals surface area contributed by atoms with Gasteiger partial charge in [0, 0.05) is 17.0 Å². The summed E-state index contributed by atoms with van der Waals surface area (Å²) in [6, 6.07) is 26.0. The van der Waals surface area contributed by atoms with E-state index in [0.29, 0.717) is 11.8 Å². The first-order chi connectivity index (χ1) is 16.8.